The number of urea groups is 1. The number of carbonyl (C=O) groups excluding carboxylic acids is 3. The van der Waals surface area contributed by atoms with E-state index in [9.17, 15) is 14.4 Å². The van der Waals surface area contributed by atoms with Crippen molar-refractivity contribution in [2.24, 2.45) is 5.92 Å². The van der Waals surface area contributed by atoms with E-state index >= 15 is 0 Å². The second-order valence-electron chi connectivity index (χ2n) is 10.5. The van der Waals surface area contributed by atoms with Crippen LogP contribution in [0.5, 0.6) is 0 Å². The summed E-state index contributed by atoms with van der Waals surface area (Å²) in [6, 6.07) is 19.3. The summed E-state index contributed by atoms with van der Waals surface area (Å²) in [5.41, 5.74) is 2.29. The lowest BCUT2D eigenvalue weighted by Crippen LogP contribution is -2.76. The van der Waals surface area contributed by atoms with Gasteiger partial charge in [0.15, 0.2) is 0 Å². The number of likely N-dealkylation sites (N-methyl/N-ethyl adjacent to an activating group) is 1. The highest BCUT2D eigenvalue weighted by Crippen LogP contribution is 2.29. The molecule has 0 radical (unpaired) electrons. The topological polar surface area (TPSA) is 76.2 Å². The summed E-state index contributed by atoms with van der Waals surface area (Å²) in [5.74, 6) is 0.120. The number of hydrogen-bond donors (Lipinski definition) is 1. The molecule has 0 aromatic heterocycles. The molecule has 2 fully saturated rings. The summed E-state index contributed by atoms with van der Waals surface area (Å²) in [7, 11) is 1.76. The molecule has 8 nitrogen and oxygen atoms in total. The van der Waals surface area contributed by atoms with Crippen molar-refractivity contribution in [2.75, 3.05) is 26.7 Å². The first-order valence-electron chi connectivity index (χ1n) is 13.3. The van der Waals surface area contributed by atoms with Gasteiger partial charge in [-0.05, 0) is 42.7 Å². The van der Waals surface area contributed by atoms with E-state index in [1.165, 1.54) is 5.56 Å². The number of carbonyl (C=O) groups is 3. The van der Waals surface area contributed by atoms with E-state index in [2.05, 4.69) is 31.3 Å². The Bertz CT molecular complexity index is 1060. The van der Waals surface area contributed by atoms with Gasteiger partial charge in [-0.15, -0.1) is 0 Å². The largest absolute Gasteiger partial charge is 0.337 e. The number of nitrogens with one attached hydrogen (secondary N) is 1. The van der Waals surface area contributed by atoms with E-state index in [1.54, 1.807) is 22.0 Å². The van der Waals surface area contributed by atoms with E-state index in [0.29, 0.717) is 26.1 Å². The highest BCUT2D eigenvalue weighted by molar-refractivity contribution is 5.91. The molecule has 2 saturated heterocycles. The minimum absolute atomic E-state index is 0.00721. The van der Waals surface area contributed by atoms with Crippen molar-refractivity contribution >= 4 is 17.8 Å². The first-order valence-corrected chi connectivity index (χ1v) is 13.3. The molecule has 2 aliphatic heterocycles. The van der Waals surface area contributed by atoms with E-state index in [-0.39, 0.29) is 30.3 Å². The first-order chi connectivity index (χ1) is 17.8. The van der Waals surface area contributed by atoms with Crippen LogP contribution in [0.3, 0.4) is 0 Å². The van der Waals surface area contributed by atoms with E-state index in [0.717, 1.165) is 24.8 Å². The number of rotatable bonds is 9. The third-order valence-electron chi connectivity index (χ3n) is 7.12. The van der Waals surface area contributed by atoms with Crippen LogP contribution in [0.4, 0.5) is 4.79 Å². The minimum atomic E-state index is -0.557. The zero-order valence-corrected chi connectivity index (χ0v) is 22.2. The fourth-order valence-electron chi connectivity index (χ4n) is 5.31. The fourth-order valence-corrected chi connectivity index (χ4v) is 5.31. The van der Waals surface area contributed by atoms with Crippen LogP contribution in [-0.2, 0) is 22.6 Å². The lowest BCUT2D eigenvalue weighted by Gasteiger charge is -2.54. The summed E-state index contributed by atoms with van der Waals surface area (Å²) < 4.78 is 0. The monoisotopic (exact) mass is 505 g/mol. The van der Waals surface area contributed by atoms with Gasteiger partial charge in [0, 0.05) is 20.1 Å². The van der Waals surface area contributed by atoms with E-state index in [1.807, 2.05) is 53.4 Å². The molecule has 4 rings (SSSR count). The van der Waals surface area contributed by atoms with Crippen molar-refractivity contribution in [3.63, 3.8) is 0 Å². The molecule has 2 aliphatic rings. The molecule has 0 spiro atoms. The zero-order valence-electron chi connectivity index (χ0n) is 22.2. The van der Waals surface area contributed by atoms with Crippen molar-refractivity contribution in [3.05, 3.63) is 71.8 Å². The molecular weight excluding hydrogens is 466 g/mol. The van der Waals surface area contributed by atoms with Crippen LogP contribution < -0.4 is 5.32 Å². The van der Waals surface area contributed by atoms with Gasteiger partial charge in [0.2, 0.25) is 11.8 Å². The molecule has 2 aromatic rings. The number of aryl methyl sites for hydroxylation is 1. The van der Waals surface area contributed by atoms with Crippen LogP contribution in [-0.4, -0.2) is 76.6 Å². The van der Waals surface area contributed by atoms with Gasteiger partial charge in [-0.1, -0.05) is 74.5 Å². The quantitative estimate of drug-likeness (QED) is 0.530. The number of benzene rings is 2. The zero-order chi connectivity index (χ0) is 26.4. The summed E-state index contributed by atoms with van der Waals surface area (Å²) in [4.78, 5) is 43.7. The Balaban J connectivity index is 1.48. The smallest absolute Gasteiger partial charge is 0.334 e. The van der Waals surface area contributed by atoms with Crippen LogP contribution in [0.2, 0.25) is 0 Å². The van der Waals surface area contributed by atoms with Crippen LogP contribution in [0.1, 0.15) is 44.2 Å². The summed E-state index contributed by atoms with van der Waals surface area (Å²) in [5, 5.41) is 6.31. The van der Waals surface area contributed by atoms with Gasteiger partial charge in [0.1, 0.15) is 12.2 Å². The SMILES string of the molecule is CC(C)C[C@H]1C(=O)N(CCCCc2ccccc2)C[C@H]2N1C(=O)CN(C)N2C(=O)NCc1ccccc1. The maximum atomic E-state index is 13.6. The second kappa shape index (κ2) is 12.2. The van der Waals surface area contributed by atoms with Gasteiger partial charge in [0.25, 0.3) is 0 Å². The van der Waals surface area contributed by atoms with Gasteiger partial charge >= 0.3 is 6.03 Å². The van der Waals surface area contributed by atoms with Gasteiger partial charge in [0.05, 0.1) is 13.1 Å². The predicted molar refractivity (Wildman–Crippen MR) is 143 cm³/mol. The van der Waals surface area contributed by atoms with Gasteiger partial charge in [-0.2, -0.15) is 0 Å². The number of fused-ring (bicyclic) bond motifs is 1. The van der Waals surface area contributed by atoms with Crippen molar-refractivity contribution in [1.29, 1.82) is 0 Å². The second-order valence-corrected chi connectivity index (χ2v) is 10.5. The maximum absolute atomic E-state index is 13.6. The molecule has 8 heteroatoms. The molecule has 37 heavy (non-hydrogen) atoms. The summed E-state index contributed by atoms with van der Waals surface area (Å²) >= 11 is 0. The Kier molecular flexibility index (Phi) is 8.82. The highest BCUT2D eigenvalue weighted by atomic mass is 16.2. The molecule has 2 atom stereocenters. The number of nitrogens with zero attached hydrogens (tertiary/aromatic N) is 4. The third-order valence-corrected chi connectivity index (χ3v) is 7.12. The summed E-state index contributed by atoms with van der Waals surface area (Å²) in [6.45, 7) is 5.50. The van der Waals surface area contributed by atoms with Crippen molar-refractivity contribution < 1.29 is 14.4 Å². The average Bonchev–Trinajstić information content (AvgIpc) is 2.88. The van der Waals surface area contributed by atoms with E-state index < -0.39 is 12.2 Å². The molecule has 0 aliphatic carbocycles. The molecular formula is C29H39N5O3. The Hall–Kier alpha value is -3.39. The highest BCUT2D eigenvalue weighted by Gasteiger charge is 2.50. The molecule has 4 amide bonds. The van der Waals surface area contributed by atoms with Gasteiger partial charge in [-0.3, -0.25) is 9.59 Å². The Morgan fingerprint density at radius 1 is 0.973 bits per heavy atom. The van der Waals surface area contributed by atoms with Crippen LogP contribution >= 0.6 is 0 Å². The maximum Gasteiger partial charge on any atom is 0.334 e. The molecule has 0 unspecified atom stereocenters. The van der Waals surface area contributed by atoms with Crippen molar-refractivity contribution in [1.82, 2.24) is 25.1 Å². The third kappa shape index (κ3) is 6.49. The van der Waals surface area contributed by atoms with E-state index in [4.69, 9.17) is 0 Å². The number of hydrogen-bond acceptors (Lipinski definition) is 4. The Morgan fingerprint density at radius 2 is 1.62 bits per heavy atom. The van der Waals surface area contributed by atoms with Gasteiger partial charge < -0.3 is 15.1 Å². The number of piperazine rings is 1. The number of unbranched alkanes of at least 4 members (excludes halogenated alkanes) is 1. The fraction of sp³-hybridized carbons (Fsp3) is 0.483. The van der Waals surface area contributed by atoms with Crippen molar-refractivity contribution in [3.8, 4) is 0 Å². The number of amides is 4. The van der Waals surface area contributed by atoms with Gasteiger partial charge in [-0.25, -0.2) is 14.8 Å². The molecule has 1 N–H and O–H groups in total. The lowest BCUT2D eigenvalue weighted by molar-refractivity contribution is -0.188. The van der Waals surface area contributed by atoms with Crippen molar-refractivity contribution in [2.45, 2.75) is 58.3 Å². The molecule has 0 saturated carbocycles. The minimum Gasteiger partial charge on any atom is -0.337 e. The molecule has 198 valence electrons. The molecule has 2 heterocycles. The average molecular weight is 506 g/mol. The molecule has 2 aromatic carbocycles. The standard InChI is InChI=1S/C29H39N5O3/c1-22(2)18-25-28(36)32(17-11-10-14-23-12-6-4-7-13-23)20-26-33(25)27(35)21-31(3)34(26)29(37)30-19-24-15-8-5-9-16-24/h4-9,12-13,15-16,22,25-26H,10-11,14,17-21H2,1-3H3,(H,30,37)/t25-,26-/m0/s1. The van der Waals surface area contributed by atoms with Crippen LogP contribution in [0.15, 0.2) is 60.7 Å². The Morgan fingerprint density at radius 3 is 2.27 bits per heavy atom. The Labute approximate surface area is 220 Å². The molecule has 0 bridgehead atoms. The normalized spacial score (nSPS) is 20.4. The predicted octanol–water partition coefficient (Wildman–Crippen LogP) is 3.49. The number of hydrazine groups is 1. The first kappa shape index (κ1) is 26.7. The lowest BCUT2D eigenvalue weighted by atomic mass is 9.97. The van der Waals surface area contributed by atoms with Crippen LogP contribution in [0.25, 0.3) is 0 Å². The van der Waals surface area contributed by atoms with Crippen LogP contribution in [0, 0.1) is 5.92 Å². The summed E-state index contributed by atoms with van der Waals surface area (Å²) in [6.07, 6.45) is 2.84.